The van der Waals surface area contributed by atoms with Gasteiger partial charge in [-0.25, -0.2) is 0 Å². The predicted octanol–water partition coefficient (Wildman–Crippen LogP) is 3.02. The smallest absolute Gasteiger partial charge is 0.180 e. The highest BCUT2D eigenvalue weighted by atomic mass is 32.1. The lowest BCUT2D eigenvalue weighted by Gasteiger charge is -2.25. The molecule has 1 aromatic rings. The Hall–Kier alpha value is -0.670. The second-order valence-corrected chi connectivity index (χ2v) is 5.98. The molecule has 1 N–H and O–H groups in total. The molecule has 0 saturated carbocycles. The zero-order valence-electron chi connectivity index (χ0n) is 10.0. The molecule has 0 radical (unpaired) electrons. The molecule has 1 atom stereocenters. The van der Waals surface area contributed by atoms with Crippen LogP contribution in [0.25, 0.3) is 0 Å². The normalized spacial score (nSPS) is 24.9. The maximum absolute atomic E-state index is 12.5. The molecule has 0 bridgehead atoms. The second-order valence-electron chi connectivity index (χ2n) is 4.70. The molecule has 0 aromatic carbocycles. The minimum atomic E-state index is -0.119. The number of carbonyl (C=O) groups is 1. The molecule has 3 heteroatoms. The summed E-state index contributed by atoms with van der Waals surface area (Å²) in [4.78, 5) is 14.7. The summed E-state index contributed by atoms with van der Waals surface area (Å²) in [5.41, 5.74) is -0.119. The van der Waals surface area contributed by atoms with E-state index in [1.165, 1.54) is 4.88 Å². The molecule has 2 rings (SSSR count). The molecule has 1 unspecified atom stereocenters. The Bertz CT molecular complexity index is 377. The van der Waals surface area contributed by atoms with Gasteiger partial charge in [0, 0.05) is 16.8 Å². The van der Waals surface area contributed by atoms with Crippen LogP contribution in [-0.2, 0) is 0 Å². The molecule has 0 spiro atoms. The summed E-state index contributed by atoms with van der Waals surface area (Å²) >= 11 is 1.63. The van der Waals surface area contributed by atoms with Crippen LogP contribution in [0.2, 0.25) is 0 Å². The number of rotatable bonds is 4. The van der Waals surface area contributed by atoms with E-state index in [0.717, 1.165) is 37.2 Å². The zero-order chi connectivity index (χ0) is 11.6. The van der Waals surface area contributed by atoms with E-state index in [2.05, 4.69) is 19.2 Å². The van der Waals surface area contributed by atoms with E-state index in [1.807, 2.05) is 12.1 Å². The van der Waals surface area contributed by atoms with Crippen molar-refractivity contribution in [3.8, 4) is 0 Å². The molecular weight excluding hydrogens is 218 g/mol. The van der Waals surface area contributed by atoms with Crippen LogP contribution >= 0.6 is 11.3 Å². The minimum absolute atomic E-state index is 0.119. The van der Waals surface area contributed by atoms with Crippen molar-refractivity contribution in [1.29, 1.82) is 0 Å². The average Bonchev–Trinajstić information content (AvgIpc) is 2.87. The van der Waals surface area contributed by atoms with Gasteiger partial charge in [0.1, 0.15) is 0 Å². The Labute approximate surface area is 101 Å². The van der Waals surface area contributed by atoms with Crippen molar-refractivity contribution in [3.63, 3.8) is 0 Å². The summed E-state index contributed by atoms with van der Waals surface area (Å²) in [7, 11) is 0. The molecule has 0 aliphatic carbocycles. The molecule has 1 fully saturated rings. The van der Waals surface area contributed by atoms with Crippen LogP contribution in [-0.4, -0.2) is 18.9 Å². The molecule has 1 aliphatic heterocycles. The number of aryl methyl sites for hydroxylation is 1. The lowest BCUT2D eigenvalue weighted by molar-refractivity contribution is 0.0806. The molecule has 1 aromatic heterocycles. The van der Waals surface area contributed by atoms with Gasteiger partial charge in [0.25, 0.3) is 0 Å². The van der Waals surface area contributed by atoms with Gasteiger partial charge in [0.2, 0.25) is 0 Å². The van der Waals surface area contributed by atoms with Crippen molar-refractivity contribution in [2.45, 2.75) is 33.1 Å². The first-order chi connectivity index (χ1) is 7.68. The molecule has 88 valence electrons. The number of nitrogens with one attached hydrogen (secondary N) is 1. The van der Waals surface area contributed by atoms with Crippen LogP contribution in [0.15, 0.2) is 12.1 Å². The van der Waals surface area contributed by atoms with Crippen LogP contribution in [0.4, 0.5) is 0 Å². The van der Waals surface area contributed by atoms with Crippen LogP contribution in [0.3, 0.4) is 0 Å². The van der Waals surface area contributed by atoms with Crippen molar-refractivity contribution in [2.75, 3.05) is 13.1 Å². The van der Waals surface area contributed by atoms with E-state index in [9.17, 15) is 4.79 Å². The predicted molar refractivity (Wildman–Crippen MR) is 68.2 cm³/mol. The fourth-order valence-electron chi connectivity index (χ4n) is 2.56. The molecule has 2 nitrogen and oxygen atoms in total. The maximum atomic E-state index is 12.5. The van der Waals surface area contributed by atoms with Crippen molar-refractivity contribution >= 4 is 17.1 Å². The highest BCUT2D eigenvalue weighted by molar-refractivity contribution is 7.14. The van der Waals surface area contributed by atoms with Crippen LogP contribution in [0.1, 0.15) is 40.7 Å². The molecule has 1 saturated heterocycles. The molecule has 0 amide bonds. The van der Waals surface area contributed by atoms with Gasteiger partial charge in [-0.3, -0.25) is 4.79 Å². The number of hydrogen-bond donors (Lipinski definition) is 1. The lowest BCUT2D eigenvalue weighted by atomic mass is 9.78. The summed E-state index contributed by atoms with van der Waals surface area (Å²) in [6, 6.07) is 4.03. The Morgan fingerprint density at radius 2 is 2.38 bits per heavy atom. The quantitative estimate of drug-likeness (QED) is 0.816. The van der Waals surface area contributed by atoms with Crippen molar-refractivity contribution < 1.29 is 4.79 Å². The Balaban J connectivity index is 2.23. The average molecular weight is 237 g/mol. The van der Waals surface area contributed by atoms with E-state index in [0.29, 0.717) is 5.78 Å². The van der Waals surface area contributed by atoms with Gasteiger partial charge in [0.15, 0.2) is 5.78 Å². The summed E-state index contributed by atoms with van der Waals surface area (Å²) in [5.74, 6) is 0.359. The minimum Gasteiger partial charge on any atom is -0.316 e. The SMILES string of the molecule is CCCC1(C(=O)c2ccc(C)s2)CCNC1. The summed E-state index contributed by atoms with van der Waals surface area (Å²) in [6.07, 6.45) is 3.09. The van der Waals surface area contributed by atoms with Gasteiger partial charge in [-0.1, -0.05) is 13.3 Å². The first-order valence-electron chi connectivity index (χ1n) is 6.00. The third kappa shape index (κ3) is 2.06. The largest absolute Gasteiger partial charge is 0.316 e. The highest BCUT2D eigenvalue weighted by Gasteiger charge is 2.40. The van der Waals surface area contributed by atoms with E-state index in [4.69, 9.17) is 0 Å². The number of Topliss-reactive ketones (excluding diaryl/α,β-unsaturated/α-hetero) is 1. The maximum Gasteiger partial charge on any atom is 0.180 e. The van der Waals surface area contributed by atoms with Crippen molar-refractivity contribution in [2.24, 2.45) is 5.41 Å². The molecule has 1 aliphatic rings. The third-order valence-corrected chi connectivity index (χ3v) is 4.42. The fourth-order valence-corrected chi connectivity index (χ4v) is 3.49. The number of hydrogen-bond acceptors (Lipinski definition) is 3. The monoisotopic (exact) mass is 237 g/mol. The van der Waals surface area contributed by atoms with Gasteiger partial charge in [-0.2, -0.15) is 0 Å². The Kier molecular flexibility index (Phi) is 3.45. The first kappa shape index (κ1) is 11.8. The van der Waals surface area contributed by atoms with Crippen LogP contribution in [0, 0.1) is 12.3 Å². The topological polar surface area (TPSA) is 29.1 Å². The zero-order valence-corrected chi connectivity index (χ0v) is 10.8. The van der Waals surface area contributed by atoms with Gasteiger partial charge < -0.3 is 5.32 Å². The van der Waals surface area contributed by atoms with Gasteiger partial charge in [-0.15, -0.1) is 11.3 Å². The molecular formula is C13H19NOS. The summed E-state index contributed by atoms with van der Waals surface area (Å²) in [5, 5.41) is 3.34. The summed E-state index contributed by atoms with van der Waals surface area (Å²) < 4.78 is 0. The second kappa shape index (κ2) is 4.68. The highest BCUT2D eigenvalue weighted by Crippen LogP contribution is 2.36. The van der Waals surface area contributed by atoms with Crippen molar-refractivity contribution in [1.82, 2.24) is 5.32 Å². The Morgan fingerprint density at radius 3 is 2.88 bits per heavy atom. The fraction of sp³-hybridized carbons (Fsp3) is 0.615. The van der Waals surface area contributed by atoms with Crippen LogP contribution < -0.4 is 5.32 Å². The molecule has 2 heterocycles. The van der Waals surface area contributed by atoms with Gasteiger partial charge in [0.05, 0.1) is 4.88 Å². The number of ketones is 1. The summed E-state index contributed by atoms with van der Waals surface area (Å²) in [6.45, 7) is 6.06. The number of carbonyl (C=O) groups excluding carboxylic acids is 1. The van der Waals surface area contributed by atoms with E-state index >= 15 is 0 Å². The lowest BCUT2D eigenvalue weighted by Crippen LogP contribution is -2.33. The van der Waals surface area contributed by atoms with Crippen LogP contribution in [0.5, 0.6) is 0 Å². The molecule has 16 heavy (non-hydrogen) atoms. The number of thiophene rings is 1. The standard InChI is InChI=1S/C13H19NOS/c1-3-6-13(7-8-14-9-13)12(15)11-5-4-10(2)16-11/h4-5,14H,3,6-9H2,1-2H3. The van der Waals surface area contributed by atoms with Crippen molar-refractivity contribution in [3.05, 3.63) is 21.9 Å². The van der Waals surface area contributed by atoms with E-state index in [-0.39, 0.29) is 5.41 Å². The van der Waals surface area contributed by atoms with E-state index < -0.39 is 0 Å². The Morgan fingerprint density at radius 1 is 1.56 bits per heavy atom. The van der Waals surface area contributed by atoms with E-state index in [1.54, 1.807) is 11.3 Å². The van der Waals surface area contributed by atoms with Gasteiger partial charge >= 0.3 is 0 Å². The van der Waals surface area contributed by atoms with Gasteiger partial charge in [-0.05, 0) is 38.4 Å². The first-order valence-corrected chi connectivity index (χ1v) is 6.81. The third-order valence-electron chi connectivity index (χ3n) is 3.42.